The number of carbonyl (C=O) groups excluding carboxylic acids is 1. The van der Waals surface area contributed by atoms with E-state index < -0.39 is 24.1 Å². The van der Waals surface area contributed by atoms with Crippen LogP contribution in [0.25, 0.3) is 0 Å². The lowest BCUT2D eigenvalue weighted by Crippen LogP contribution is -2.41. The van der Waals surface area contributed by atoms with Gasteiger partial charge in [0.05, 0.1) is 5.02 Å². The molecule has 1 amide bonds. The van der Waals surface area contributed by atoms with Crippen LogP contribution in [0, 0.1) is 0 Å². The van der Waals surface area contributed by atoms with Gasteiger partial charge in [-0.2, -0.15) is 8.78 Å². The predicted molar refractivity (Wildman–Crippen MR) is 48.8 cm³/mol. The monoisotopic (exact) mass is 256 g/mol. The van der Waals surface area contributed by atoms with Crippen molar-refractivity contribution < 1.29 is 22.4 Å². The van der Waals surface area contributed by atoms with Gasteiger partial charge in [-0.25, -0.2) is 13.8 Å². The zero-order chi connectivity index (χ0) is 12.3. The van der Waals surface area contributed by atoms with Gasteiger partial charge >= 0.3 is 18.3 Å². The van der Waals surface area contributed by atoms with Crippen LogP contribution >= 0.6 is 11.6 Å². The van der Waals surface area contributed by atoms with Crippen molar-refractivity contribution in [2.24, 2.45) is 0 Å². The number of hydrogen-bond acceptors (Lipinski definition) is 2. The fourth-order valence-corrected chi connectivity index (χ4v) is 0.936. The van der Waals surface area contributed by atoms with Crippen LogP contribution in [0.1, 0.15) is 0 Å². The Morgan fingerprint density at radius 3 is 2.62 bits per heavy atom. The molecule has 88 valence electrons. The third-order valence-corrected chi connectivity index (χ3v) is 1.87. The van der Waals surface area contributed by atoms with Crippen molar-refractivity contribution in [3.05, 3.63) is 23.4 Å². The maximum atomic E-state index is 12.5. The van der Waals surface area contributed by atoms with E-state index in [1.54, 1.807) is 0 Å². The average Bonchev–Trinajstić information content (AvgIpc) is 2.21. The molecule has 0 saturated carbocycles. The lowest BCUT2D eigenvalue weighted by molar-refractivity contribution is -0.163. The van der Waals surface area contributed by atoms with Gasteiger partial charge < -0.3 is 5.32 Å². The Balaban J connectivity index is 2.84. The summed E-state index contributed by atoms with van der Waals surface area (Å²) in [6.45, 7) is 0. The van der Waals surface area contributed by atoms with Gasteiger partial charge in [-0.15, -0.1) is 0 Å². The SMILES string of the molecule is O=C(Nc1ncccc1Cl)C(F)(F)C(F)F. The Bertz CT molecular complexity index is 399. The molecule has 1 rings (SSSR count). The molecule has 0 bridgehead atoms. The first-order valence-corrected chi connectivity index (χ1v) is 4.31. The molecule has 0 aliphatic heterocycles. The number of amides is 1. The maximum Gasteiger partial charge on any atom is 0.383 e. The van der Waals surface area contributed by atoms with Crippen molar-refractivity contribution in [2.75, 3.05) is 5.32 Å². The molecule has 1 aromatic heterocycles. The second kappa shape index (κ2) is 4.65. The van der Waals surface area contributed by atoms with Crippen molar-refractivity contribution in [2.45, 2.75) is 12.3 Å². The van der Waals surface area contributed by atoms with Gasteiger partial charge in [-0.1, -0.05) is 11.6 Å². The van der Waals surface area contributed by atoms with E-state index in [1.165, 1.54) is 23.6 Å². The maximum absolute atomic E-state index is 12.5. The molecule has 0 fully saturated rings. The average molecular weight is 257 g/mol. The highest BCUT2D eigenvalue weighted by atomic mass is 35.5. The van der Waals surface area contributed by atoms with Crippen LogP contribution in [0.3, 0.4) is 0 Å². The van der Waals surface area contributed by atoms with E-state index in [0.717, 1.165) is 0 Å². The summed E-state index contributed by atoms with van der Waals surface area (Å²) in [6.07, 6.45) is -2.92. The van der Waals surface area contributed by atoms with Crippen molar-refractivity contribution >= 4 is 23.3 Å². The highest BCUT2D eigenvalue weighted by molar-refractivity contribution is 6.33. The Labute approximate surface area is 92.4 Å². The van der Waals surface area contributed by atoms with Crippen LogP contribution in [0.4, 0.5) is 23.4 Å². The van der Waals surface area contributed by atoms with Gasteiger partial charge in [0.15, 0.2) is 5.82 Å². The zero-order valence-corrected chi connectivity index (χ0v) is 8.31. The minimum Gasteiger partial charge on any atom is -0.304 e. The highest BCUT2D eigenvalue weighted by Gasteiger charge is 2.49. The van der Waals surface area contributed by atoms with Gasteiger partial charge in [-0.3, -0.25) is 4.79 Å². The standard InChI is InChI=1S/C8H5ClF4N2O/c9-4-2-1-3-14-5(4)15-7(16)8(12,13)6(10)11/h1-3,6H,(H,14,15,16). The van der Waals surface area contributed by atoms with E-state index in [1.807, 2.05) is 0 Å². The summed E-state index contributed by atoms with van der Waals surface area (Å²) < 4.78 is 48.7. The fourth-order valence-electron chi connectivity index (χ4n) is 0.768. The lowest BCUT2D eigenvalue weighted by Gasteiger charge is -2.14. The number of anilines is 1. The second-order valence-electron chi connectivity index (χ2n) is 2.71. The molecule has 0 aromatic carbocycles. The van der Waals surface area contributed by atoms with Crippen LogP contribution in [0.15, 0.2) is 18.3 Å². The van der Waals surface area contributed by atoms with Crippen LogP contribution in [-0.2, 0) is 4.79 Å². The summed E-state index contributed by atoms with van der Waals surface area (Å²) in [4.78, 5) is 14.2. The van der Waals surface area contributed by atoms with E-state index >= 15 is 0 Å². The third-order valence-electron chi connectivity index (χ3n) is 1.57. The number of nitrogens with zero attached hydrogens (tertiary/aromatic N) is 1. The molecule has 16 heavy (non-hydrogen) atoms. The molecular formula is C8H5ClF4N2O. The van der Waals surface area contributed by atoms with Crippen molar-refractivity contribution in [1.29, 1.82) is 0 Å². The Hall–Kier alpha value is -1.37. The predicted octanol–water partition coefficient (Wildman–Crippen LogP) is 2.57. The molecule has 8 heteroatoms. The van der Waals surface area contributed by atoms with E-state index in [2.05, 4.69) is 4.98 Å². The van der Waals surface area contributed by atoms with Crippen LogP contribution in [0.2, 0.25) is 5.02 Å². The van der Waals surface area contributed by atoms with Crippen LogP contribution in [0.5, 0.6) is 0 Å². The molecule has 1 aromatic rings. The van der Waals surface area contributed by atoms with Gasteiger partial charge in [0, 0.05) is 6.20 Å². The minimum absolute atomic E-state index is 0.124. The second-order valence-corrected chi connectivity index (χ2v) is 3.12. The molecule has 0 radical (unpaired) electrons. The largest absolute Gasteiger partial charge is 0.383 e. The summed E-state index contributed by atoms with van der Waals surface area (Å²) in [5, 5.41) is 1.40. The molecule has 0 saturated heterocycles. The van der Waals surface area contributed by atoms with Gasteiger partial charge in [0.2, 0.25) is 0 Å². The number of pyridine rings is 1. The topological polar surface area (TPSA) is 42.0 Å². The normalized spacial score (nSPS) is 11.6. The summed E-state index contributed by atoms with van der Waals surface area (Å²) >= 11 is 5.49. The number of nitrogens with one attached hydrogen (secondary N) is 1. The summed E-state index contributed by atoms with van der Waals surface area (Å²) in [7, 11) is 0. The number of rotatable bonds is 3. The Kier molecular flexibility index (Phi) is 3.69. The number of hydrogen-bond donors (Lipinski definition) is 1. The first-order chi connectivity index (χ1) is 7.35. The molecule has 0 unspecified atom stereocenters. The molecule has 1 heterocycles. The number of halogens is 5. The van der Waals surface area contributed by atoms with Gasteiger partial charge in [0.25, 0.3) is 0 Å². The quantitative estimate of drug-likeness (QED) is 0.845. The van der Waals surface area contributed by atoms with Crippen LogP contribution in [-0.4, -0.2) is 23.2 Å². The first-order valence-electron chi connectivity index (χ1n) is 3.93. The zero-order valence-electron chi connectivity index (χ0n) is 7.55. The van der Waals surface area contributed by atoms with Gasteiger partial charge in [0.1, 0.15) is 0 Å². The Morgan fingerprint density at radius 1 is 1.50 bits per heavy atom. The lowest BCUT2D eigenvalue weighted by atomic mass is 10.3. The molecule has 0 atom stereocenters. The van der Waals surface area contributed by atoms with Crippen molar-refractivity contribution in [1.82, 2.24) is 4.98 Å². The number of aromatic nitrogens is 1. The summed E-state index contributed by atoms with van der Waals surface area (Å²) in [5.74, 6) is -7.32. The van der Waals surface area contributed by atoms with Gasteiger partial charge in [-0.05, 0) is 12.1 Å². The highest BCUT2D eigenvalue weighted by Crippen LogP contribution is 2.26. The van der Waals surface area contributed by atoms with Crippen molar-refractivity contribution in [3.63, 3.8) is 0 Å². The van der Waals surface area contributed by atoms with E-state index in [0.29, 0.717) is 0 Å². The van der Waals surface area contributed by atoms with E-state index in [4.69, 9.17) is 11.6 Å². The van der Waals surface area contributed by atoms with E-state index in [-0.39, 0.29) is 5.02 Å². The number of carbonyl (C=O) groups is 1. The molecular weight excluding hydrogens is 252 g/mol. The minimum atomic E-state index is -4.78. The molecule has 0 aliphatic rings. The fraction of sp³-hybridized carbons (Fsp3) is 0.250. The summed E-state index contributed by atoms with van der Waals surface area (Å²) in [6, 6.07) is 2.66. The molecule has 1 N–H and O–H groups in total. The Morgan fingerprint density at radius 2 is 2.12 bits per heavy atom. The van der Waals surface area contributed by atoms with Crippen LogP contribution < -0.4 is 5.32 Å². The summed E-state index contributed by atoms with van der Waals surface area (Å²) in [5.41, 5.74) is 0. The van der Waals surface area contributed by atoms with Crippen molar-refractivity contribution in [3.8, 4) is 0 Å². The first kappa shape index (κ1) is 12.7. The molecule has 3 nitrogen and oxygen atoms in total. The number of alkyl halides is 4. The van der Waals surface area contributed by atoms with E-state index in [9.17, 15) is 22.4 Å². The molecule has 0 aliphatic carbocycles. The smallest absolute Gasteiger partial charge is 0.304 e. The molecule has 0 spiro atoms. The third kappa shape index (κ3) is 2.60.